The number of nitrogens with two attached hydrogens (primary N) is 1. The van der Waals surface area contributed by atoms with Gasteiger partial charge in [-0.25, -0.2) is 0 Å². The predicted molar refractivity (Wildman–Crippen MR) is 66.1 cm³/mol. The van der Waals surface area contributed by atoms with Crippen molar-refractivity contribution in [1.29, 1.82) is 0 Å². The Morgan fingerprint density at radius 3 is 2.36 bits per heavy atom. The molecule has 0 bridgehead atoms. The zero-order valence-electron chi connectivity index (χ0n) is 9.30. The van der Waals surface area contributed by atoms with E-state index in [1.165, 1.54) is 70.7 Å². The van der Waals surface area contributed by atoms with E-state index in [1.807, 2.05) is 0 Å². The van der Waals surface area contributed by atoms with Crippen LogP contribution in [0.25, 0.3) is 0 Å². The van der Waals surface area contributed by atoms with Crippen LogP contribution in [0, 0.1) is 0 Å². The van der Waals surface area contributed by atoms with Gasteiger partial charge in [-0.05, 0) is 51.5 Å². The Labute approximate surface area is 90.5 Å². The van der Waals surface area contributed by atoms with Crippen LogP contribution in [0.2, 0.25) is 0 Å². The molecule has 0 radical (unpaired) electrons. The maximum absolute atomic E-state index is 5.48. The molecular weight excluding hydrogens is 191 g/mol. The number of hydrogen-bond donors (Lipinski definition) is 1. The van der Waals surface area contributed by atoms with E-state index >= 15 is 0 Å². The minimum Gasteiger partial charge on any atom is -0.312 e. The van der Waals surface area contributed by atoms with E-state index in [4.69, 9.17) is 5.50 Å². The largest absolute Gasteiger partial charge is 0.312 e. The van der Waals surface area contributed by atoms with Crippen LogP contribution >= 0.6 is 8.73 Å². The van der Waals surface area contributed by atoms with Gasteiger partial charge in [0, 0.05) is 0 Å². The summed E-state index contributed by atoms with van der Waals surface area (Å²) in [5.74, 6) is 0. The van der Waals surface area contributed by atoms with Gasteiger partial charge in [0.15, 0.2) is 0 Å². The summed E-state index contributed by atoms with van der Waals surface area (Å²) in [5.41, 5.74) is 5.48. The zero-order valence-corrected chi connectivity index (χ0v) is 10.3. The number of hydrogen-bond acceptors (Lipinski definition) is 2. The van der Waals surface area contributed by atoms with Crippen molar-refractivity contribution in [3.05, 3.63) is 0 Å². The Hall–Kier alpha value is 0.350. The van der Waals surface area contributed by atoms with Crippen LogP contribution in [-0.2, 0) is 0 Å². The summed E-state index contributed by atoms with van der Waals surface area (Å²) in [6.07, 6.45) is 11.1. The van der Waals surface area contributed by atoms with Crippen LogP contribution in [0.15, 0.2) is 0 Å². The molecule has 1 unspecified atom stereocenters. The third-order valence-electron chi connectivity index (χ3n) is 2.99. The van der Waals surface area contributed by atoms with Gasteiger partial charge in [-0.15, -0.1) is 0 Å². The zero-order chi connectivity index (χ0) is 10.1. The van der Waals surface area contributed by atoms with Crippen molar-refractivity contribution in [2.24, 2.45) is 5.50 Å². The van der Waals surface area contributed by atoms with E-state index in [0.29, 0.717) is 8.73 Å². The van der Waals surface area contributed by atoms with Crippen LogP contribution in [-0.4, -0.2) is 30.7 Å². The molecule has 1 fully saturated rings. The average molecular weight is 216 g/mol. The van der Waals surface area contributed by atoms with Crippen molar-refractivity contribution < 1.29 is 0 Å². The molecule has 0 saturated carbocycles. The fourth-order valence-corrected chi connectivity index (χ4v) is 2.55. The van der Waals surface area contributed by atoms with Crippen LogP contribution in [0.3, 0.4) is 0 Å². The summed E-state index contributed by atoms with van der Waals surface area (Å²) >= 11 is 0. The van der Waals surface area contributed by atoms with Crippen molar-refractivity contribution in [3.63, 3.8) is 0 Å². The first-order valence-corrected chi connectivity index (χ1v) is 7.38. The fourth-order valence-electron chi connectivity index (χ4n) is 2.10. The average Bonchev–Trinajstić information content (AvgIpc) is 2.25. The van der Waals surface area contributed by atoms with E-state index in [0.717, 1.165) is 0 Å². The number of likely N-dealkylation sites (tertiary alicyclic amines) is 1. The molecule has 2 nitrogen and oxygen atoms in total. The molecule has 1 saturated heterocycles. The second-order valence-corrected chi connectivity index (χ2v) is 5.18. The van der Waals surface area contributed by atoms with Gasteiger partial charge < -0.3 is 10.4 Å². The highest BCUT2D eigenvalue weighted by atomic mass is 31.1. The van der Waals surface area contributed by atoms with E-state index in [2.05, 4.69) is 4.90 Å². The Balaban J connectivity index is 1.82. The Morgan fingerprint density at radius 1 is 0.929 bits per heavy atom. The molecule has 0 amide bonds. The molecule has 1 rings (SSSR count). The first-order chi connectivity index (χ1) is 6.93. The van der Waals surface area contributed by atoms with E-state index in [-0.39, 0.29) is 0 Å². The smallest absolute Gasteiger partial charge is 0.00187 e. The van der Waals surface area contributed by atoms with Crippen LogP contribution in [0.4, 0.5) is 0 Å². The predicted octanol–water partition coefficient (Wildman–Crippen LogP) is 2.58. The monoisotopic (exact) mass is 216 g/mol. The third kappa shape index (κ3) is 5.95. The molecule has 14 heavy (non-hydrogen) atoms. The number of nitrogens with zero attached hydrogens (tertiary/aromatic N) is 1. The summed E-state index contributed by atoms with van der Waals surface area (Å²) in [5, 5.41) is 0. The maximum atomic E-state index is 5.48. The maximum Gasteiger partial charge on any atom is -0.00187 e. The molecule has 0 aromatic heterocycles. The Morgan fingerprint density at radius 2 is 1.64 bits per heavy atom. The van der Waals surface area contributed by atoms with Crippen LogP contribution in [0.5, 0.6) is 0 Å². The van der Waals surface area contributed by atoms with Gasteiger partial charge in [-0.3, -0.25) is 0 Å². The van der Waals surface area contributed by atoms with Crippen molar-refractivity contribution in [3.8, 4) is 0 Å². The van der Waals surface area contributed by atoms with Gasteiger partial charge in [0.1, 0.15) is 0 Å². The van der Waals surface area contributed by atoms with Gasteiger partial charge in [0.25, 0.3) is 0 Å². The molecule has 0 spiro atoms. The molecule has 0 aliphatic carbocycles. The van der Waals surface area contributed by atoms with E-state index in [9.17, 15) is 0 Å². The van der Waals surface area contributed by atoms with Gasteiger partial charge in [0.05, 0.1) is 0 Å². The molecular formula is C11H25N2P. The number of unbranched alkanes of at least 4 members (excludes halogenated alkanes) is 3. The van der Waals surface area contributed by atoms with Gasteiger partial charge in [0.2, 0.25) is 0 Å². The van der Waals surface area contributed by atoms with Gasteiger partial charge >= 0.3 is 0 Å². The van der Waals surface area contributed by atoms with Crippen molar-refractivity contribution in [2.75, 3.05) is 25.8 Å². The second-order valence-electron chi connectivity index (χ2n) is 4.27. The minimum atomic E-state index is 0.664. The Bertz CT molecular complexity index is 124. The molecule has 3 heteroatoms. The first kappa shape index (κ1) is 12.4. The van der Waals surface area contributed by atoms with Crippen molar-refractivity contribution in [1.82, 2.24) is 4.90 Å². The molecule has 1 atom stereocenters. The SMILES string of the molecule is NPCCCCCCN1CCCCC1. The lowest BCUT2D eigenvalue weighted by molar-refractivity contribution is 0.224. The minimum absolute atomic E-state index is 0.664. The molecule has 0 aromatic rings. The first-order valence-electron chi connectivity index (χ1n) is 6.09. The van der Waals surface area contributed by atoms with Crippen LogP contribution < -0.4 is 5.50 Å². The van der Waals surface area contributed by atoms with Crippen molar-refractivity contribution >= 4 is 8.73 Å². The highest BCUT2D eigenvalue weighted by Gasteiger charge is 2.08. The lowest BCUT2D eigenvalue weighted by atomic mass is 10.1. The molecule has 0 aromatic carbocycles. The normalized spacial score (nSPS) is 19.5. The number of rotatable bonds is 7. The highest BCUT2D eigenvalue weighted by Crippen LogP contribution is 2.11. The molecule has 84 valence electrons. The molecule has 1 heterocycles. The standard InChI is InChI=1S/C11H25N2P/c12-14-11-7-2-1-4-8-13-9-5-3-6-10-13/h14H,1-12H2. The quantitative estimate of drug-likeness (QED) is 0.523. The van der Waals surface area contributed by atoms with Gasteiger partial charge in [-0.1, -0.05) is 28.0 Å². The Kier molecular flexibility index (Phi) is 7.67. The lowest BCUT2D eigenvalue weighted by Crippen LogP contribution is -2.30. The summed E-state index contributed by atoms with van der Waals surface area (Å²) in [6.45, 7) is 4.04. The second kappa shape index (κ2) is 8.64. The topological polar surface area (TPSA) is 29.3 Å². The number of piperidine rings is 1. The lowest BCUT2D eigenvalue weighted by Gasteiger charge is -2.26. The van der Waals surface area contributed by atoms with E-state index < -0.39 is 0 Å². The summed E-state index contributed by atoms with van der Waals surface area (Å²) in [7, 11) is 0.664. The molecule has 2 N–H and O–H groups in total. The molecule has 1 aliphatic rings. The summed E-state index contributed by atoms with van der Waals surface area (Å²) < 4.78 is 0. The van der Waals surface area contributed by atoms with E-state index in [1.54, 1.807) is 0 Å². The van der Waals surface area contributed by atoms with Crippen LogP contribution in [0.1, 0.15) is 44.9 Å². The summed E-state index contributed by atoms with van der Waals surface area (Å²) in [4.78, 5) is 2.63. The van der Waals surface area contributed by atoms with Gasteiger partial charge in [-0.2, -0.15) is 0 Å². The highest BCUT2D eigenvalue weighted by molar-refractivity contribution is 7.35. The van der Waals surface area contributed by atoms with Crippen molar-refractivity contribution in [2.45, 2.75) is 44.9 Å². The fraction of sp³-hybridized carbons (Fsp3) is 1.00. The molecule has 1 aliphatic heterocycles. The third-order valence-corrected chi connectivity index (χ3v) is 3.64. The summed E-state index contributed by atoms with van der Waals surface area (Å²) in [6, 6.07) is 0.